The lowest BCUT2D eigenvalue weighted by molar-refractivity contribution is 1.16. The lowest BCUT2D eigenvalue weighted by Gasteiger charge is -2.06. The fraction of sp³-hybridized carbons (Fsp3) is 0. The number of benzene rings is 2. The highest BCUT2D eigenvalue weighted by atomic mass is 14.9. The minimum atomic E-state index is 0.724. The van der Waals surface area contributed by atoms with Crippen molar-refractivity contribution < 1.29 is 0 Å². The average molecular weight is 258 g/mol. The molecule has 0 aliphatic carbocycles. The molecule has 2 heteroatoms. The molecule has 1 heterocycles. The quantitative estimate of drug-likeness (QED) is 0.693. The second-order valence-electron chi connectivity index (χ2n) is 4.44. The monoisotopic (exact) mass is 258 g/mol. The summed E-state index contributed by atoms with van der Waals surface area (Å²) in [6.45, 7) is 3.81. The van der Waals surface area contributed by atoms with Crippen LogP contribution < -0.4 is 0 Å². The van der Waals surface area contributed by atoms with E-state index in [2.05, 4.69) is 16.5 Å². The second-order valence-corrected chi connectivity index (χ2v) is 4.44. The maximum absolute atomic E-state index is 4.66. The van der Waals surface area contributed by atoms with Crippen molar-refractivity contribution in [1.82, 2.24) is 9.97 Å². The Bertz CT molecular complexity index is 661. The van der Waals surface area contributed by atoms with Crippen molar-refractivity contribution in [3.63, 3.8) is 0 Å². The SMILES string of the molecule is C=Cc1cc(-c2ccccc2)nc(-c2ccccc2)n1. The van der Waals surface area contributed by atoms with Crippen molar-refractivity contribution in [2.24, 2.45) is 0 Å². The Morgan fingerprint density at radius 2 is 1.35 bits per heavy atom. The predicted octanol–water partition coefficient (Wildman–Crippen LogP) is 4.45. The summed E-state index contributed by atoms with van der Waals surface area (Å²) < 4.78 is 0. The van der Waals surface area contributed by atoms with Crippen molar-refractivity contribution >= 4 is 6.08 Å². The number of aromatic nitrogens is 2. The van der Waals surface area contributed by atoms with Crippen LogP contribution in [-0.4, -0.2) is 9.97 Å². The van der Waals surface area contributed by atoms with Crippen molar-refractivity contribution in [2.45, 2.75) is 0 Å². The summed E-state index contributed by atoms with van der Waals surface area (Å²) >= 11 is 0. The van der Waals surface area contributed by atoms with Crippen LogP contribution in [0.4, 0.5) is 0 Å². The van der Waals surface area contributed by atoms with E-state index in [0.717, 1.165) is 28.3 Å². The van der Waals surface area contributed by atoms with Gasteiger partial charge in [-0.15, -0.1) is 0 Å². The van der Waals surface area contributed by atoms with Crippen LogP contribution in [0.5, 0.6) is 0 Å². The fourth-order valence-electron chi connectivity index (χ4n) is 2.04. The molecule has 0 spiro atoms. The van der Waals surface area contributed by atoms with Gasteiger partial charge in [0.25, 0.3) is 0 Å². The molecule has 0 atom stereocenters. The first-order chi connectivity index (χ1) is 9.86. The van der Waals surface area contributed by atoms with Crippen LogP contribution in [0.1, 0.15) is 5.69 Å². The predicted molar refractivity (Wildman–Crippen MR) is 83.0 cm³/mol. The average Bonchev–Trinajstić information content (AvgIpc) is 2.56. The van der Waals surface area contributed by atoms with E-state index < -0.39 is 0 Å². The number of hydrogen-bond acceptors (Lipinski definition) is 2. The van der Waals surface area contributed by atoms with Crippen molar-refractivity contribution in [2.75, 3.05) is 0 Å². The molecule has 0 aliphatic heterocycles. The van der Waals surface area contributed by atoms with Crippen LogP contribution in [0.15, 0.2) is 73.3 Å². The van der Waals surface area contributed by atoms with Crippen LogP contribution in [0.25, 0.3) is 28.7 Å². The molecule has 0 bridgehead atoms. The minimum absolute atomic E-state index is 0.724. The Balaban J connectivity index is 2.15. The van der Waals surface area contributed by atoms with Gasteiger partial charge in [0.2, 0.25) is 0 Å². The molecule has 0 N–H and O–H groups in total. The topological polar surface area (TPSA) is 25.8 Å². The molecule has 20 heavy (non-hydrogen) atoms. The molecule has 0 saturated carbocycles. The molecule has 3 aromatic rings. The summed E-state index contributed by atoms with van der Waals surface area (Å²) in [5.74, 6) is 0.724. The summed E-state index contributed by atoms with van der Waals surface area (Å²) in [5.41, 5.74) is 3.83. The van der Waals surface area contributed by atoms with Gasteiger partial charge in [-0.05, 0) is 12.1 Å². The first-order valence-electron chi connectivity index (χ1n) is 6.49. The van der Waals surface area contributed by atoms with Gasteiger partial charge >= 0.3 is 0 Å². The molecule has 0 amide bonds. The molecule has 0 aliphatic rings. The molecule has 96 valence electrons. The van der Waals surface area contributed by atoms with E-state index in [-0.39, 0.29) is 0 Å². The Labute approximate surface area is 118 Å². The molecule has 1 aromatic heterocycles. The zero-order chi connectivity index (χ0) is 13.8. The molecule has 0 saturated heterocycles. The molecular formula is C18H14N2. The Hall–Kier alpha value is -2.74. The molecular weight excluding hydrogens is 244 g/mol. The van der Waals surface area contributed by atoms with Gasteiger partial charge in [0.05, 0.1) is 11.4 Å². The highest BCUT2D eigenvalue weighted by Gasteiger charge is 2.06. The molecule has 0 radical (unpaired) electrons. The Morgan fingerprint density at radius 1 is 0.750 bits per heavy atom. The molecule has 2 aromatic carbocycles. The third-order valence-corrected chi connectivity index (χ3v) is 3.06. The van der Waals surface area contributed by atoms with Crippen LogP contribution >= 0.6 is 0 Å². The summed E-state index contributed by atoms with van der Waals surface area (Å²) in [6.07, 6.45) is 1.75. The summed E-state index contributed by atoms with van der Waals surface area (Å²) in [4.78, 5) is 9.18. The first kappa shape index (κ1) is 12.3. The third kappa shape index (κ3) is 2.50. The number of rotatable bonds is 3. The van der Waals surface area contributed by atoms with E-state index in [4.69, 9.17) is 0 Å². The standard InChI is InChI=1S/C18H14N2/c1-2-16-13-17(14-9-5-3-6-10-14)20-18(19-16)15-11-7-4-8-12-15/h2-13H,1H2. The summed E-state index contributed by atoms with van der Waals surface area (Å²) in [5, 5.41) is 0. The molecule has 0 fully saturated rings. The largest absolute Gasteiger partial charge is 0.229 e. The van der Waals surface area contributed by atoms with E-state index in [1.165, 1.54) is 0 Å². The van der Waals surface area contributed by atoms with Crippen LogP contribution in [0, 0.1) is 0 Å². The maximum Gasteiger partial charge on any atom is 0.160 e. The summed E-state index contributed by atoms with van der Waals surface area (Å²) in [6, 6.07) is 22.0. The Morgan fingerprint density at radius 3 is 1.95 bits per heavy atom. The van der Waals surface area contributed by atoms with E-state index in [9.17, 15) is 0 Å². The van der Waals surface area contributed by atoms with E-state index in [1.54, 1.807) is 6.08 Å². The van der Waals surface area contributed by atoms with Crippen LogP contribution in [0.3, 0.4) is 0 Å². The zero-order valence-electron chi connectivity index (χ0n) is 11.0. The number of hydrogen-bond donors (Lipinski definition) is 0. The van der Waals surface area contributed by atoms with Gasteiger partial charge in [0, 0.05) is 11.1 Å². The van der Waals surface area contributed by atoms with Gasteiger partial charge in [-0.2, -0.15) is 0 Å². The minimum Gasteiger partial charge on any atom is -0.229 e. The van der Waals surface area contributed by atoms with Gasteiger partial charge in [-0.25, -0.2) is 9.97 Å². The number of nitrogens with zero attached hydrogens (tertiary/aromatic N) is 2. The lowest BCUT2D eigenvalue weighted by atomic mass is 10.1. The smallest absolute Gasteiger partial charge is 0.160 e. The second kappa shape index (κ2) is 5.49. The van der Waals surface area contributed by atoms with Crippen molar-refractivity contribution in [3.05, 3.63) is 79.0 Å². The van der Waals surface area contributed by atoms with E-state index in [1.807, 2.05) is 66.7 Å². The Kier molecular flexibility index (Phi) is 3.38. The van der Waals surface area contributed by atoms with Gasteiger partial charge in [0.15, 0.2) is 5.82 Å². The van der Waals surface area contributed by atoms with Crippen molar-refractivity contribution in [1.29, 1.82) is 0 Å². The van der Waals surface area contributed by atoms with Crippen LogP contribution in [-0.2, 0) is 0 Å². The van der Waals surface area contributed by atoms with Crippen LogP contribution in [0.2, 0.25) is 0 Å². The van der Waals surface area contributed by atoms with E-state index >= 15 is 0 Å². The maximum atomic E-state index is 4.66. The summed E-state index contributed by atoms with van der Waals surface area (Å²) in [7, 11) is 0. The zero-order valence-corrected chi connectivity index (χ0v) is 11.0. The van der Waals surface area contributed by atoms with Gasteiger partial charge in [-0.1, -0.05) is 67.2 Å². The van der Waals surface area contributed by atoms with Crippen molar-refractivity contribution in [3.8, 4) is 22.6 Å². The molecule has 0 unspecified atom stereocenters. The highest BCUT2D eigenvalue weighted by Crippen LogP contribution is 2.22. The highest BCUT2D eigenvalue weighted by molar-refractivity contribution is 5.66. The van der Waals surface area contributed by atoms with Gasteiger partial charge < -0.3 is 0 Å². The lowest BCUT2D eigenvalue weighted by Crippen LogP contribution is -1.94. The van der Waals surface area contributed by atoms with Gasteiger partial charge in [-0.3, -0.25) is 0 Å². The fourth-order valence-corrected chi connectivity index (χ4v) is 2.04. The molecule has 2 nitrogen and oxygen atoms in total. The molecule has 3 rings (SSSR count). The van der Waals surface area contributed by atoms with E-state index in [0.29, 0.717) is 0 Å². The third-order valence-electron chi connectivity index (χ3n) is 3.06. The normalized spacial score (nSPS) is 10.2. The van der Waals surface area contributed by atoms with Gasteiger partial charge in [0.1, 0.15) is 0 Å². The first-order valence-corrected chi connectivity index (χ1v) is 6.49.